The lowest BCUT2D eigenvalue weighted by atomic mass is 10.2. The number of hydrogen-bond acceptors (Lipinski definition) is 9. The average molecular weight is 574 g/mol. The fraction of sp³-hybridized carbons (Fsp3) is 0.370. The van der Waals surface area contributed by atoms with Gasteiger partial charge in [-0.25, -0.2) is 0 Å². The topological polar surface area (TPSA) is 131 Å². The van der Waals surface area contributed by atoms with E-state index < -0.39 is 18.8 Å². The molecular weight excluding hydrogens is 543 g/mol. The number of carbonyl (C=O) groups excluding carboxylic acids is 2. The number of anilines is 3. The van der Waals surface area contributed by atoms with Gasteiger partial charge in [0.15, 0.2) is 6.61 Å². The minimum Gasteiger partial charge on any atom is -0.492 e. The van der Waals surface area contributed by atoms with E-state index in [2.05, 4.69) is 30.9 Å². The highest BCUT2D eigenvalue weighted by Gasteiger charge is 2.29. The number of alkyl halides is 3. The van der Waals surface area contributed by atoms with Crippen molar-refractivity contribution in [3.63, 3.8) is 0 Å². The highest BCUT2D eigenvalue weighted by Crippen LogP contribution is 2.21. The van der Waals surface area contributed by atoms with E-state index in [1.54, 1.807) is 41.3 Å². The Hall–Kier alpha value is -4.62. The molecule has 41 heavy (non-hydrogen) atoms. The van der Waals surface area contributed by atoms with Gasteiger partial charge in [-0.2, -0.15) is 28.1 Å². The van der Waals surface area contributed by atoms with Crippen LogP contribution in [0, 0.1) is 0 Å². The number of halogens is 3. The molecule has 3 aromatic rings. The monoisotopic (exact) mass is 573 g/mol. The Morgan fingerprint density at radius 3 is 2.41 bits per heavy atom. The molecule has 0 unspecified atom stereocenters. The minimum atomic E-state index is -4.57. The summed E-state index contributed by atoms with van der Waals surface area (Å²) >= 11 is 0. The Labute approximate surface area is 234 Å². The molecule has 11 nitrogen and oxygen atoms in total. The zero-order valence-corrected chi connectivity index (χ0v) is 22.3. The molecule has 4 aliphatic heterocycles. The Morgan fingerprint density at radius 2 is 1.71 bits per heavy atom. The lowest BCUT2D eigenvalue weighted by Gasteiger charge is -2.21. The Balaban J connectivity index is 1.55. The van der Waals surface area contributed by atoms with Gasteiger partial charge in [0.05, 0.1) is 6.54 Å². The second kappa shape index (κ2) is 13.6. The van der Waals surface area contributed by atoms with Crippen molar-refractivity contribution in [2.24, 2.45) is 0 Å². The number of carbonyl (C=O) groups is 2. The molecule has 4 aliphatic rings. The molecule has 0 spiro atoms. The molecule has 0 aliphatic carbocycles. The second-order valence-corrected chi connectivity index (χ2v) is 9.19. The molecule has 3 N–H and O–H groups in total. The number of rotatable bonds is 2. The van der Waals surface area contributed by atoms with Crippen LogP contribution in [0.25, 0.3) is 0 Å². The summed E-state index contributed by atoms with van der Waals surface area (Å²) < 4.78 is 48.8. The molecular formula is C27H30F3N7O4. The third-order valence-electron chi connectivity index (χ3n) is 5.97. The van der Waals surface area contributed by atoms with Crippen LogP contribution >= 0.6 is 0 Å². The largest absolute Gasteiger partial charge is 0.492 e. The van der Waals surface area contributed by atoms with Crippen LogP contribution in [0.2, 0.25) is 0 Å². The lowest BCUT2D eigenvalue weighted by molar-refractivity contribution is -0.154. The number of benzene rings is 2. The number of aromatic nitrogens is 3. The van der Waals surface area contributed by atoms with Crippen molar-refractivity contribution in [2.45, 2.75) is 32.5 Å². The first kappa shape index (κ1) is 29.4. The van der Waals surface area contributed by atoms with E-state index in [9.17, 15) is 22.8 Å². The first-order chi connectivity index (χ1) is 19.6. The van der Waals surface area contributed by atoms with Crippen molar-refractivity contribution < 1.29 is 32.2 Å². The van der Waals surface area contributed by atoms with Gasteiger partial charge in [-0.05, 0) is 54.8 Å². The zero-order valence-electron chi connectivity index (χ0n) is 22.3. The maximum absolute atomic E-state index is 12.7. The summed E-state index contributed by atoms with van der Waals surface area (Å²) in [6.07, 6.45) is -3.17. The Morgan fingerprint density at radius 1 is 0.976 bits per heavy atom. The molecule has 7 rings (SSSR count). The minimum absolute atomic E-state index is 0.00483. The van der Waals surface area contributed by atoms with E-state index in [0.717, 1.165) is 5.56 Å². The van der Waals surface area contributed by atoms with E-state index >= 15 is 0 Å². The average Bonchev–Trinajstić information content (AvgIpc) is 2.94. The number of ether oxygens (including phenoxy) is 2. The van der Waals surface area contributed by atoms with Crippen molar-refractivity contribution in [2.75, 3.05) is 43.5 Å². The summed E-state index contributed by atoms with van der Waals surface area (Å²) in [6.45, 7) is 1.93. The first-order valence-electron chi connectivity index (χ1n) is 13.0. The first-order valence-corrected chi connectivity index (χ1v) is 13.0. The molecule has 6 bridgehead atoms. The van der Waals surface area contributed by atoms with E-state index in [0.29, 0.717) is 56.1 Å². The third-order valence-corrected chi connectivity index (χ3v) is 5.97. The summed E-state index contributed by atoms with van der Waals surface area (Å²) in [5.41, 5.74) is 1.75. The molecule has 14 heteroatoms. The van der Waals surface area contributed by atoms with Crippen molar-refractivity contribution in [1.29, 1.82) is 0 Å². The predicted octanol–water partition coefficient (Wildman–Crippen LogP) is 3.92. The van der Waals surface area contributed by atoms with Crippen LogP contribution < -0.4 is 25.4 Å². The van der Waals surface area contributed by atoms with Crippen molar-refractivity contribution in [3.8, 4) is 11.8 Å². The molecule has 2 amide bonds. The predicted molar refractivity (Wildman–Crippen MR) is 144 cm³/mol. The fourth-order valence-corrected chi connectivity index (χ4v) is 3.85. The van der Waals surface area contributed by atoms with Gasteiger partial charge in [-0.15, -0.1) is 0 Å². The number of nitrogens with one attached hydrogen (secondary N) is 3. The Kier molecular flexibility index (Phi) is 9.77. The van der Waals surface area contributed by atoms with Crippen LogP contribution in [0.4, 0.5) is 30.8 Å². The number of nitrogens with zero attached hydrogens (tertiary/aromatic N) is 4. The highest BCUT2D eigenvalue weighted by molar-refractivity contribution is 5.94. The van der Waals surface area contributed by atoms with Crippen LogP contribution in [0.5, 0.6) is 11.8 Å². The van der Waals surface area contributed by atoms with Gasteiger partial charge in [0.1, 0.15) is 12.4 Å². The van der Waals surface area contributed by atoms with E-state index in [4.69, 9.17) is 9.47 Å². The summed E-state index contributed by atoms with van der Waals surface area (Å²) in [4.78, 5) is 38.4. The van der Waals surface area contributed by atoms with Gasteiger partial charge >= 0.3 is 12.2 Å². The molecule has 0 saturated heterocycles. The smallest absolute Gasteiger partial charge is 0.422 e. The van der Waals surface area contributed by atoms with Crippen LogP contribution in [0.15, 0.2) is 48.5 Å². The van der Waals surface area contributed by atoms with Crippen LogP contribution in [-0.2, 0) is 11.3 Å². The van der Waals surface area contributed by atoms with Gasteiger partial charge < -0.3 is 30.3 Å². The van der Waals surface area contributed by atoms with Gasteiger partial charge in [-0.1, -0.05) is 12.1 Å². The summed E-state index contributed by atoms with van der Waals surface area (Å²) in [7, 11) is 0. The lowest BCUT2D eigenvalue weighted by Crippen LogP contribution is -2.34. The Bertz CT molecular complexity index is 1320. The molecule has 1 aromatic heterocycles. The number of amides is 2. The van der Waals surface area contributed by atoms with E-state index in [-0.39, 0.29) is 30.3 Å². The molecule has 2 aromatic carbocycles. The van der Waals surface area contributed by atoms with Gasteiger partial charge in [-0.3, -0.25) is 9.59 Å². The molecule has 218 valence electrons. The normalized spacial score (nSPS) is 15.1. The molecule has 0 radical (unpaired) electrons. The molecule has 0 saturated carbocycles. The standard InChI is InChI=1S/C27H30F3N7O4/c1-18(38)37-13-3-2-12-31-23(39)20-6-8-21(9-7-20)33-25-34-24(35-26(36-25)41-17-27(28,29)30)32-16-19-4-10-22(11-5-19)40-15-14-37/h4-11H,2-3,12-17H2,1H3,(H,31,39)(H2,32,33,34,35,36). The van der Waals surface area contributed by atoms with Gasteiger partial charge in [0, 0.05) is 37.8 Å². The van der Waals surface area contributed by atoms with Crippen LogP contribution in [0.1, 0.15) is 35.7 Å². The van der Waals surface area contributed by atoms with E-state index in [1.165, 1.54) is 6.92 Å². The highest BCUT2D eigenvalue weighted by atomic mass is 19.4. The zero-order chi connectivity index (χ0) is 29.2. The third kappa shape index (κ3) is 9.51. The molecule has 0 atom stereocenters. The molecule has 0 fully saturated rings. The fourth-order valence-electron chi connectivity index (χ4n) is 3.85. The maximum atomic E-state index is 12.7. The van der Waals surface area contributed by atoms with Gasteiger partial charge in [0.2, 0.25) is 17.8 Å². The summed E-state index contributed by atoms with van der Waals surface area (Å²) in [5.74, 6) is 0.254. The van der Waals surface area contributed by atoms with Crippen LogP contribution in [0.3, 0.4) is 0 Å². The van der Waals surface area contributed by atoms with Crippen LogP contribution in [-0.4, -0.2) is 70.7 Å². The molecule has 5 heterocycles. The second-order valence-electron chi connectivity index (χ2n) is 9.19. The summed E-state index contributed by atoms with van der Waals surface area (Å²) in [5, 5.41) is 8.72. The van der Waals surface area contributed by atoms with E-state index in [1.807, 2.05) is 12.1 Å². The van der Waals surface area contributed by atoms with Gasteiger partial charge in [0.25, 0.3) is 5.91 Å². The van der Waals surface area contributed by atoms with Crippen molar-refractivity contribution >= 4 is 29.4 Å². The quantitative estimate of drug-likeness (QED) is 0.418. The SMILES string of the molecule is CC(=O)N1CCCCNC(=O)c2ccc(cc2)Nc2nc(nc(OCC(F)(F)F)n2)NCc2ccc(cc2)OCC1. The maximum Gasteiger partial charge on any atom is 0.422 e. The van der Waals surface area contributed by atoms with Crippen molar-refractivity contribution in [1.82, 2.24) is 25.2 Å². The number of hydrogen-bond donors (Lipinski definition) is 3. The van der Waals surface area contributed by atoms with Crippen molar-refractivity contribution in [3.05, 3.63) is 59.7 Å². The summed E-state index contributed by atoms with van der Waals surface area (Å²) in [6, 6.07) is 13.1.